The lowest BCUT2D eigenvalue weighted by atomic mass is 9.93. The van der Waals surface area contributed by atoms with Crippen molar-refractivity contribution in [3.8, 4) is 11.4 Å². The van der Waals surface area contributed by atoms with Crippen LogP contribution in [-0.2, 0) is 0 Å². The number of nitrogens with zero attached hydrogens (tertiary/aromatic N) is 2. The highest BCUT2D eigenvalue weighted by Gasteiger charge is 2.24. The highest BCUT2D eigenvalue weighted by Crippen LogP contribution is 2.24. The standard InChI is InChI=1S/C14H16ClN3O2/c15-10-5-3-4-9(8-10)13-17-14(20-18-13)16-11-6-1-2-7-12(11)19/h3-5,8,11-12,19H,1-2,6-7H2,(H,16,17,18)/t11-,12-/m0/s1. The Kier molecular flexibility index (Phi) is 3.89. The molecule has 2 aromatic rings. The van der Waals surface area contributed by atoms with E-state index in [1.54, 1.807) is 12.1 Å². The van der Waals surface area contributed by atoms with E-state index in [9.17, 15) is 5.11 Å². The molecule has 1 aromatic carbocycles. The van der Waals surface area contributed by atoms with Crippen LogP contribution in [0.4, 0.5) is 6.01 Å². The van der Waals surface area contributed by atoms with E-state index in [1.165, 1.54) is 0 Å². The Labute approximate surface area is 122 Å². The van der Waals surface area contributed by atoms with Gasteiger partial charge in [0, 0.05) is 10.6 Å². The van der Waals surface area contributed by atoms with E-state index in [2.05, 4.69) is 15.5 Å². The fourth-order valence-electron chi connectivity index (χ4n) is 2.47. The number of halogens is 1. The summed E-state index contributed by atoms with van der Waals surface area (Å²) in [6, 6.07) is 7.61. The molecule has 1 aromatic heterocycles. The maximum atomic E-state index is 9.92. The Morgan fingerprint density at radius 1 is 1.30 bits per heavy atom. The minimum atomic E-state index is -0.356. The second-order valence-electron chi connectivity index (χ2n) is 5.04. The summed E-state index contributed by atoms with van der Waals surface area (Å²) in [5.74, 6) is 0.486. The lowest BCUT2D eigenvalue weighted by Crippen LogP contribution is -2.36. The lowest BCUT2D eigenvalue weighted by molar-refractivity contribution is 0.115. The first kappa shape index (κ1) is 13.4. The molecule has 0 aliphatic heterocycles. The van der Waals surface area contributed by atoms with Crippen molar-refractivity contribution >= 4 is 17.6 Å². The predicted octanol–water partition coefficient (Wildman–Crippen LogP) is 3.11. The van der Waals surface area contributed by atoms with E-state index in [1.807, 2.05) is 12.1 Å². The molecule has 1 fully saturated rings. The van der Waals surface area contributed by atoms with Crippen LogP contribution in [0, 0.1) is 0 Å². The molecule has 5 nitrogen and oxygen atoms in total. The summed E-state index contributed by atoms with van der Waals surface area (Å²) in [7, 11) is 0. The molecule has 3 rings (SSSR count). The van der Waals surface area contributed by atoms with Crippen molar-refractivity contribution in [3.05, 3.63) is 29.3 Å². The van der Waals surface area contributed by atoms with Gasteiger partial charge in [0.25, 0.3) is 0 Å². The van der Waals surface area contributed by atoms with Crippen molar-refractivity contribution in [2.45, 2.75) is 37.8 Å². The third kappa shape index (κ3) is 2.94. The Morgan fingerprint density at radius 3 is 2.95 bits per heavy atom. The van der Waals surface area contributed by atoms with Crippen LogP contribution in [0.25, 0.3) is 11.4 Å². The van der Waals surface area contributed by atoms with Crippen LogP contribution in [-0.4, -0.2) is 27.4 Å². The van der Waals surface area contributed by atoms with E-state index in [0.717, 1.165) is 31.2 Å². The van der Waals surface area contributed by atoms with Crippen molar-refractivity contribution in [1.29, 1.82) is 0 Å². The van der Waals surface area contributed by atoms with Gasteiger partial charge in [0.15, 0.2) is 0 Å². The summed E-state index contributed by atoms with van der Waals surface area (Å²) >= 11 is 5.94. The van der Waals surface area contributed by atoms with E-state index < -0.39 is 0 Å². The molecule has 0 bridgehead atoms. The minimum Gasteiger partial charge on any atom is -0.391 e. The number of aliphatic hydroxyl groups is 1. The monoisotopic (exact) mass is 293 g/mol. The molecular weight excluding hydrogens is 278 g/mol. The number of rotatable bonds is 3. The molecular formula is C14H16ClN3O2. The molecule has 1 heterocycles. The van der Waals surface area contributed by atoms with Crippen LogP contribution < -0.4 is 5.32 Å². The molecule has 1 aliphatic carbocycles. The van der Waals surface area contributed by atoms with Gasteiger partial charge in [-0.25, -0.2) is 0 Å². The van der Waals surface area contributed by atoms with Crippen molar-refractivity contribution in [1.82, 2.24) is 10.1 Å². The van der Waals surface area contributed by atoms with Crippen LogP contribution in [0.2, 0.25) is 5.02 Å². The van der Waals surface area contributed by atoms with E-state index in [0.29, 0.717) is 16.9 Å². The smallest absolute Gasteiger partial charge is 0.322 e. The lowest BCUT2D eigenvalue weighted by Gasteiger charge is -2.27. The molecule has 2 atom stereocenters. The number of hydrogen-bond donors (Lipinski definition) is 2. The first-order valence-corrected chi connectivity index (χ1v) is 7.14. The van der Waals surface area contributed by atoms with Crippen molar-refractivity contribution in [2.75, 3.05) is 5.32 Å². The zero-order valence-corrected chi connectivity index (χ0v) is 11.7. The molecule has 20 heavy (non-hydrogen) atoms. The van der Waals surface area contributed by atoms with Gasteiger partial charge in [-0.05, 0) is 25.0 Å². The second-order valence-corrected chi connectivity index (χ2v) is 5.47. The third-order valence-electron chi connectivity index (χ3n) is 3.55. The average molecular weight is 294 g/mol. The van der Waals surface area contributed by atoms with E-state index in [4.69, 9.17) is 16.1 Å². The van der Waals surface area contributed by atoms with Gasteiger partial charge in [0.2, 0.25) is 5.82 Å². The van der Waals surface area contributed by atoms with Crippen molar-refractivity contribution < 1.29 is 9.63 Å². The predicted molar refractivity (Wildman–Crippen MR) is 76.6 cm³/mol. The Bertz CT molecular complexity index is 587. The van der Waals surface area contributed by atoms with Gasteiger partial charge in [-0.1, -0.05) is 41.7 Å². The summed E-state index contributed by atoms with van der Waals surface area (Å²) in [5, 5.41) is 17.6. The summed E-state index contributed by atoms with van der Waals surface area (Å²) < 4.78 is 5.18. The van der Waals surface area contributed by atoms with Gasteiger partial charge in [-0.15, -0.1) is 0 Å². The Morgan fingerprint density at radius 2 is 2.15 bits per heavy atom. The zero-order valence-electron chi connectivity index (χ0n) is 10.9. The van der Waals surface area contributed by atoms with Crippen LogP contribution >= 0.6 is 11.6 Å². The molecule has 0 radical (unpaired) electrons. The van der Waals surface area contributed by atoms with Crippen LogP contribution in [0.3, 0.4) is 0 Å². The summed E-state index contributed by atoms with van der Waals surface area (Å²) in [6.45, 7) is 0. The van der Waals surface area contributed by atoms with Crippen molar-refractivity contribution in [2.24, 2.45) is 0 Å². The molecule has 1 saturated carbocycles. The highest BCUT2D eigenvalue weighted by atomic mass is 35.5. The number of aliphatic hydroxyl groups excluding tert-OH is 1. The number of nitrogens with one attached hydrogen (secondary N) is 1. The Hall–Kier alpha value is -1.59. The summed E-state index contributed by atoms with van der Waals surface area (Å²) in [5.41, 5.74) is 0.804. The second kappa shape index (κ2) is 5.81. The molecule has 106 valence electrons. The number of hydrogen-bond acceptors (Lipinski definition) is 5. The number of aromatic nitrogens is 2. The Balaban J connectivity index is 1.73. The van der Waals surface area contributed by atoms with Gasteiger partial charge < -0.3 is 14.9 Å². The van der Waals surface area contributed by atoms with Gasteiger partial charge >= 0.3 is 6.01 Å². The quantitative estimate of drug-likeness (QED) is 0.910. The molecule has 1 aliphatic rings. The zero-order chi connectivity index (χ0) is 13.9. The average Bonchev–Trinajstić information content (AvgIpc) is 2.90. The molecule has 0 unspecified atom stereocenters. The van der Waals surface area contributed by atoms with Crippen LogP contribution in [0.1, 0.15) is 25.7 Å². The maximum absolute atomic E-state index is 9.92. The molecule has 0 saturated heterocycles. The van der Waals surface area contributed by atoms with Crippen LogP contribution in [0.15, 0.2) is 28.8 Å². The number of benzene rings is 1. The fourth-order valence-corrected chi connectivity index (χ4v) is 2.66. The first-order valence-electron chi connectivity index (χ1n) is 6.76. The van der Waals surface area contributed by atoms with Gasteiger partial charge in [-0.3, -0.25) is 0 Å². The highest BCUT2D eigenvalue weighted by molar-refractivity contribution is 6.30. The summed E-state index contributed by atoms with van der Waals surface area (Å²) in [6.07, 6.45) is 3.54. The molecule has 0 spiro atoms. The van der Waals surface area contributed by atoms with Gasteiger partial charge in [0.1, 0.15) is 0 Å². The maximum Gasteiger partial charge on any atom is 0.322 e. The number of anilines is 1. The fraction of sp³-hybridized carbons (Fsp3) is 0.429. The minimum absolute atomic E-state index is 0.0172. The third-order valence-corrected chi connectivity index (χ3v) is 3.78. The molecule has 2 N–H and O–H groups in total. The normalized spacial score (nSPS) is 22.7. The molecule has 6 heteroatoms. The van der Waals surface area contributed by atoms with Gasteiger partial charge in [-0.2, -0.15) is 4.98 Å². The van der Waals surface area contributed by atoms with E-state index in [-0.39, 0.29) is 12.1 Å². The van der Waals surface area contributed by atoms with Crippen molar-refractivity contribution in [3.63, 3.8) is 0 Å². The van der Waals surface area contributed by atoms with Crippen LogP contribution in [0.5, 0.6) is 0 Å². The largest absolute Gasteiger partial charge is 0.391 e. The SMILES string of the molecule is O[C@H]1CCCC[C@@H]1Nc1nc(-c2cccc(Cl)c2)no1. The topological polar surface area (TPSA) is 71.2 Å². The molecule has 0 amide bonds. The van der Waals surface area contributed by atoms with Gasteiger partial charge in [0.05, 0.1) is 12.1 Å². The first-order chi connectivity index (χ1) is 9.72. The summed E-state index contributed by atoms with van der Waals surface area (Å²) in [4.78, 5) is 4.29. The van der Waals surface area contributed by atoms with E-state index >= 15 is 0 Å².